The van der Waals surface area contributed by atoms with Crippen molar-refractivity contribution in [2.75, 3.05) is 46.4 Å². The molecule has 2 fully saturated rings. The summed E-state index contributed by atoms with van der Waals surface area (Å²) in [6.45, 7) is 11.9. The van der Waals surface area contributed by atoms with Gasteiger partial charge in [-0.3, -0.25) is 9.69 Å². The van der Waals surface area contributed by atoms with E-state index >= 15 is 0 Å². The van der Waals surface area contributed by atoms with Crippen LogP contribution in [-0.4, -0.2) is 73.7 Å². The molecule has 2 aliphatic rings. The molecule has 1 N–H and O–H groups in total. The minimum Gasteiger partial charge on any atom is -0.381 e. The third-order valence-corrected chi connectivity index (χ3v) is 7.13. The van der Waals surface area contributed by atoms with Crippen molar-refractivity contribution < 1.29 is 9.53 Å². The van der Waals surface area contributed by atoms with Gasteiger partial charge in [-0.15, -0.1) is 0 Å². The normalized spacial score (nSPS) is 19.3. The molecule has 0 aromatic heterocycles. The monoisotopic (exact) mass is 472 g/mol. The molecule has 1 atom stereocenters. The van der Waals surface area contributed by atoms with Gasteiger partial charge in [0.1, 0.15) is 6.04 Å². The van der Waals surface area contributed by atoms with Crippen LogP contribution in [0.5, 0.6) is 0 Å². The van der Waals surface area contributed by atoms with Crippen LogP contribution in [0.2, 0.25) is 0 Å². The van der Waals surface area contributed by atoms with E-state index in [0.717, 1.165) is 49.4 Å². The molecule has 0 radical (unpaired) electrons. The van der Waals surface area contributed by atoms with E-state index in [2.05, 4.69) is 69.5 Å². The number of nitrogens with zero attached hydrogens (tertiary/aromatic N) is 4. The summed E-state index contributed by atoms with van der Waals surface area (Å²) in [5, 5.41) is 12.5. The highest BCUT2D eigenvalue weighted by molar-refractivity contribution is 5.89. The number of carbonyl (C=O) groups excluding carboxylic acids is 1. The summed E-state index contributed by atoms with van der Waals surface area (Å²) in [6, 6.07) is 18.5. The van der Waals surface area contributed by atoms with Gasteiger partial charge < -0.3 is 15.0 Å². The summed E-state index contributed by atoms with van der Waals surface area (Å²) >= 11 is 0. The van der Waals surface area contributed by atoms with E-state index in [-0.39, 0.29) is 5.91 Å². The highest BCUT2D eigenvalue weighted by Gasteiger charge is 2.51. The quantitative estimate of drug-likeness (QED) is 0.670. The fraction of sp³-hybridized carbons (Fsp3) is 0.464. The predicted molar refractivity (Wildman–Crippen MR) is 137 cm³/mol. The van der Waals surface area contributed by atoms with E-state index in [9.17, 15) is 10.1 Å². The number of hydrogen-bond donors (Lipinski definition) is 1. The summed E-state index contributed by atoms with van der Waals surface area (Å²) in [5.41, 5.74) is 3.59. The fourth-order valence-corrected chi connectivity index (χ4v) is 4.68. The Labute approximate surface area is 208 Å². The zero-order chi connectivity index (χ0) is 24.7. The van der Waals surface area contributed by atoms with Crippen molar-refractivity contribution in [3.8, 4) is 23.8 Å². The molecular formula is C28H34N5O2+. The van der Waals surface area contributed by atoms with Crippen LogP contribution in [0, 0.1) is 17.9 Å². The number of benzene rings is 2. The van der Waals surface area contributed by atoms with Gasteiger partial charge in [0.05, 0.1) is 32.1 Å². The number of hydrogen-bond acceptors (Lipinski definition) is 5. The number of ether oxygens (including phenoxy) is 1. The van der Waals surface area contributed by atoms with Crippen LogP contribution >= 0.6 is 0 Å². The van der Waals surface area contributed by atoms with Crippen molar-refractivity contribution in [3.63, 3.8) is 0 Å². The average Bonchev–Trinajstić information content (AvgIpc) is 2.91. The lowest BCUT2D eigenvalue weighted by molar-refractivity contribution is -0.128. The van der Waals surface area contributed by atoms with E-state index in [1.807, 2.05) is 12.1 Å². The van der Waals surface area contributed by atoms with E-state index in [4.69, 9.17) is 11.3 Å². The summed E-state index contributed by atoms with van der Waals surface area (Å²) in [7, 11) is 2.18. The van der Waals surface area contributed by atoms with Gasteiger partial charge >= 0.3 is 11.4 Å². The van der Waals surface area contributed by atoms with Crippen molar-refractivity contribution in [2.45, 2.75) is 37.4 Å². The van der Waals surface area contributed by atoms with E-state index in [1.54, 1.807) is 0 Å². The second kappa shape index (κ2) is 11.5. The Hall–Kier alpha value is -3.23. The van der Waals surface area contributed by atoms with Gasteiger partial charge in [0.2, 0.25) is 0 Å². The number of likely N-dealkylation sites (N-methyl/N-ethyl adjacent to an activating group) is 1. The maximum Gasteiger partial charge on any atom is 0.361 e. The van der Waals surface area contributed by atoms with Crippen LogP contribution in [0.15, 0.2) is 48.5 Å². The van der Waals surface area contributed by atoms with Crippen LogP contribution < -0.4 is 5.32 Å². The van der Waals surface area contributed by atoms with E-state index in [0.29, 0.717) is 32.5 Å². The first-order valence-electron chi connectivity index (χ1n) is 12.3. The molecule has 0 saturated carbocycles. The lowest BCUT2D eigenvalue weighted by Gasteiger charge is -2.32. The molecule has 2 aliphatic heterocycles. The van der Waals surface area contributed by atoms with Crippen LogP contribution in [0.25, 0.3) is 16.0 Å². The highest BCUT2D eigenvalue weighted by Crippen LogP contribution is 2.26. The molecule has 0 unspecified atom stereocenters. The molecule has 2 saturated heterocycles. The fourth-order valence-electron chi connectivity index (χ4n) is 4.68. The van der Waals surface area contributed by atoms with Gasteiger partial charge in [-0.1, -0.05) is 53.4 Å². The summed E-state index contributed by atoms with van der Waals surface area (Å²) < 4.78 is 5.33. The minimum absolute atomic E-state index is 0.303. The molecule has 4 rings (SSSR count). The number of nitriles is 1. The largest absolute Gasteiger partial charge is 0.381 e. The second-order valence-electron chi connectivity index (χ2n) is 9.61. The Morgan fingerprint density at radius 2 is 1.63 bits per heavy atom. The maximum atomic E-state index is 12.8. The summed E-state index contributed by atoms with van der Waals surface area (Å²) in [4.78, 5) is 21.5. The van der Waals surface area contributed by atoms with E-state index in [1.165, 1.54) is 5.56 Å². The summed E-state index contributed by atoms with van der Waals surface area (Å²) in [6.07, 6.45) is 1.27. The first-order chi connectivity index (χ1) is 17.0. The first kappa shape index (κ1) is 24.9. The lowest BCUT2D eigenvalue weighted by atomic mass is 9.89. The standard InChI is InChI=1S/C28H33N5O2/c1-30-28(11-17-35-18-12-28)27(34)31-26(20-29)19-22-3-7-24(8-4-22)25-9-5-23(6-10-25)21-33-15-13-32(2)14-16-33/h1,3-10,26H,11-19,21H2,2H3/p+1/t26-/m0/s1. The van der Waals surface area contributed by atoms with Crippen LogP contribution in [0.1, 0.15) is 24.0 Å². The van der Waals surface area contributed by atoms with Crippen molar-refractivity contribution in [3.05, 3.63) is 64.5 Å². The Bertz CT molecular complexity index is 1070. The molecule has 1 amide bonds. The molecule has 0 bridgehead atoms. The van der Waals surface area contributed by atoms with Gasteiger partial charge in [0.25, 0.3) is 6.57 Å². The Morgan fingerprint density at radius 3 is 2.17 bits per heavy atom. The molecule has 0 spiro atoms. The molecule has 35 heavy (non-hydrogen) atoms. The third kappa shape index (κ3) is 6.26. The third-order valence-electron chi connectivity index (χ3n) is 7.13. The minimum atomic E-state index is -1.01. The maximum absolute atomic E-state index is 12.8. The average molecular weight is 473 g/mol. The molecule has 2 heterocycles. The van der Waals surface area contributed by atoms with Crippen LogP contribution in [0.3, 0.4) is 0 Å². The molecule has 2 aromatic carbocycles. The summed E-state index contributed by atoms with van der Waals surface area (Å²) in [5.74, 6) is -0.303. The van der Waals surface area contributed by atoms with E-state index < -0.39 is 11.6 Å². The predicted octanol–water partition coefficient (Wildman–Crippen LogP) is 3.16. The number of amides is 1. The van der Waals surface area contributed by atoms with Crippen molar-refractivity contribution in [1.29, 1.82) is 5.26 Å². The Balaban J connectivity index is 1.33. The van der Waals surface area contributed by atoms with Crippen LogP contribution in [-0.2, 0) is 22.5 Å². The smallest absolute Gasteiger partial charge is 0.361 e. The van der Waals surface area contributed by atoms with Crippen LogP contribution in [0.4, 0.5) is 0 Å². The Morgan fingerprint density at radius 1 is 1.06 bits per heavy atom. The highest BCUT2D eigenvalue weighted by atomic mass is 16.5. The number of nitrogens with one attached hydrogen (secondary N) is 1. The number of carbonyl (C=O) groups is 1. The molecule has 182 valence electrons. The zero-order valence-corrected chi connectivity index (χ0v) is 20.4. The number of piperazine rings is 1. The van der Waals surface area contributed by atoms with Gasteiger partial charge in [-0.25, -0.2) is 0 Å². The lowest BCUT2D eigenvalue weighted by Crippen LogP contribution is -2.51. The molecule has 7 heteroatoms. The first-order valence-corrected chi connectivity index (χ1v) is 12.3. The molecular weight excluding hydrogens is 438 g/mol. The SMILES string of the molecule is C#[N+]C1(C(=O)N[C@H](C#N)Cc2ccc(-c3ccc(CN4CCN(C)CC4)cc3)cc2)CCOCC1. The van der Waals surface area contributed by atoms with Crippen molar-refractivity contribution in [2.24, 2.45) is 0 Å². The van der Waals surface area contributed by atoms with Gasteiger partial charge in [-0.05, 0) is 29.3 Å². The zero-order valence-electron chi connectivity index (χ0n) is 20.4. The van der Waals surface area contributed by atoms with Gasteiger partial charge in [0.15, 0.2) is 0 Å². The van der Waals surface area contributed by atoms with Crippen molar-refractivity contribution in [1.82, 2.24) is 15.1 Å². The number of rotatable bonds is 7. The molecule has 0 aliphatic carbocycles. The Kier molecular flexibility index (Phi) is 8.15. The topological polar surface area (TPSA) is 73.0 Å². The van der Waals surface area contributed by atoms with Crippen molar-refractivity contribution >= 4 is 5.91 Å². The van der Waals surface area contributed by atoms with Gasteiger partial charge in [-0.2, -0.15) is 5.26 Å². The second-order valence-corrected chi connectivity index (χ2v) is 9.61. The van der Waals surface area contributed by atoms with Gasteiger partial charge in [0, 0.05) is 39.1 Å². The molecule has 7 nitrogen and oxygen atoms in total. The molecule has 2 aromatic rings.